The van der Waals surface area contributed by atoms with Crippen molar-refractivity contribution in [3.8, 4) is 0 Å². The third-order valence-corrected chi connectivity index (χ3v) is 4.74. The van der Waals surface area contributed by atoms with Gasteiger partial charge in [0.05, 0.1) is 12.7 Å². The van der Waals surface area contributed by atoms with Crippen LogP contribution in [0.15, 0.2) is 12.1 Å². The Bertz CT molecular complexity index is 699. The summed E-state index contributed by atoms with van der Waals surface area (Å²) in [6, 6.07) is 3.56. The number of ether oxygens (including phenoxy) is 2. The molecule has 0 radical (unpaired) electrons. The molecule has 1 aliphatic carbocycles. The van der Waals surface area contributed by atoms with Crippen molar-refractivity contribution in [3.63, 3.8) is 0 Å². The third kappa shape index (κ3) is 4.09. The Kier molecular flexibility index (Phi) is 5.35. The van der Waals surface area contributed by atoms with Crippen LogP contribution in [-0.2, 0) is 26.1 Å². The van der Waals surface area contributed by atoms with Crippen molar-refractivity contribution >= 4 is 18.2 Å². The number of aldehydes is 1. The lowest BCUT2D eigenvalue weighted by Gasteiger charge is -2.27. The zero-order valence-electron chi connectivity index (χ0n) is 15.6. The molecule has 5 nitrogen and oxygen atoms in total. The van der Waals surface area contributed by atoms with Crippen LogP contribution in [0.3, 0.4) is 0 Å². The maximum absolute atomic E-state index is 12.1. The largest absolute Gasteiger partial charge is 0.465 e. The van der Waals surface area contributed by atoms with Gasteiger partial charge in [-0.05, 0) is 56.6 Å². The highest BCUT2D eigenvalue weighted by atomic mass is 16.6. The molecule has 25 heavy (non-hydrogen) atoms. The van der Waals surface area contributed by atoms with Gasteiger partial charge in [-0.3, -0.25) is 9.59 Å². The molecule has 0 aromatic heterocycles. The van der Waals surface area contributed by atoms with Gasteiger partial charge in [-0.2, -0.15) is 0 Å². The third-order valence-electron chi connectivity index (χ3n) is 4.74. The monoisotopic (exact) mass is 346 g/mol. The molecule has 0 saturated carbocycles. The Morgan fingerprint density at radius 2 is 1.96 bits per heavy atom. The normalized spacial score (nSPS) is 19.2. The summed E-state index contributed by atoms with van der Waals surface area (Å²) in [4.78, 5) is 35.5. The molecule has 1 aromatic rings. The molecular formula is C20H26O5. The van der Waals surface area contributed by atoms with Crippen molar-refractivity contribution in [1.82, 2.24) is 0 Å². The van der Waals surface area contributed by atoms with Crippen LogP contribution in [0.1, 0.15) is 78.8 Å². The minimum absolute atomic E-state index is 0.222. The number of benzene rings is 1. The molecule has 1 aromatic carbocycles. The van der Waals surface area contributed by atoms with Crippen molar-refractivity contribution in [3.05, 3.63) is 34.4 Å². The summed E-state index contributed by atoms with van der Waals surface area (Å²) < 4.78 is 10.2. The number of carbonyl (C=O) groups excluding carboxylic acids is 3. The number of methoxy groups -OCH3 is 1. The van der Waals surface area contributed by atoms with Crippen LogP contribution in [0, 0.1) is 0 Å². The lowest BCUT2D eigenvalue weighted by molar-refractivity contribution is -0.155. The average molecular weight is 346 g/mol. The highest BCUT2D eigenvalue weighted by Crippen LogP contribution is 2.44. The van der Waals surface area contributed by atoms with Crippen LogP contribution in [0.25, 0.3) is 0 Å². The summed E-state index contributed by atoms with van der Waals surface area (Å²) in [5, 5.41) is 0. The standard InChI is InChI=1S/C20H26O5/c1-19(2,3)25-16(22)9-11-20(4)10-8-14-15(20)7-6-13(12-21)17(14)18(23)24-5/h6-7,12H,8-11H2,1-5H3/t20-/m0/s1. The first-order valence-electron chi connectivity index (χ1n) is 8.53. The Morgan fingerprint density at radius 3 is 2.52 bits per heavy atom. The van der Waals surface area contributed by atoms with Crippen molar-refractivity contribution < 1.29 is 23.9 Å². The fraction of sp³-hybridized carbons (Fsp3) is 0.550. The SMILES string of the molecule is COC(=O)c1c(C=O)ccc2c1CC[C@@]2(C)CCC(=O)OC(C)(C)C. The van der Waals surface area contributed by atoms with Crippen LogP contribution >= 0.6 is 0 Å². The lowest BCUT2D eigenvalue weighted by atomic mass is 9.79. The summed E-state index contributed by atoms with van der Waals surface area (Å²) >= 11 is 0. The van der Waals surface area contributed by atoms with Crippen molar-refractivity contribution in [1.29, 1.82) is 0 Å². The van der Waals surface area contributed by atoms with Crippen LogP contribution in [-0.4, -0.2) is 30.9 Å². The Hall–Kier alpha value is -2.17. The van der Waals surface area contributed by atoms with Gasteiger partial charge < -0.3 is 9.47 Å². The fourth-order valence-corrected chi connectivity index (χ4v) is 3.50. The van der Waals surface area contributed by atoms with Crippen molar-refractivity contribution in [2.24, 2.45) is 0 Å². The molecule has 5 heteroatoms. The molecule has 0 N–H and O–H groups in total. The predicted octanol–water partition coefficient (Wildman–Crippen LogP) is 3.61. The number of rotatable bonds is 5. The van der Waals surface area contributed by atoms with Gasteiger partial charge in [0.25, 0.3) is 0 Å². The van der Waals surface area contributed by atoms with Gasteiger partial charge >= 0.3 is 11.9 Å². The van der Waals surface area contributed by atoms with E-state index in [0.29, 0.717) is 36.7 Å². The number of carbonyl (C=O) groups is 3. The zero-order chi connectivity index (χ0) is 18.8. The van der Waals surface area contributed by atoms with E-state index in [0.717, 1.165) is 17.5 Å². The van der Waals surface area contributed by atoms with E-state index in [1.54, 1.807) is 6.07 Å². The molecule has 0 saturated heterocycles. The topological polar surface area (TPSA) is 69.7 Å². The predicted molar refractivity (Wildman–Crippen MR) is 93.9 cm³/mol. The van der Waals surface area contributed by atoms with Gasteiger partial charge in [0.2, 0.25) is 0 Å². The number of esters is 2. The minimum atomic E-state index is -0.498. The molecule has 0 amide bonds. The van der Waals surface area contributed by atoms with E-state index in [1.165, 1.54) is 7.11 Å². The quantitative estimate of drug-likeness (QED) is 0.602. The lowest BCUT2D eigenvalue weighted by Crippen LogP contribution is -2.26. The molecule has 2 rings (SSSR count). The number of fused-ring (bicyclic) bond motifs is 1. The maximum Gasteiger partial charge on any atom is 0.338 e. The van der Waals surface area contributed by atoms with Gasteiger partial charge in [0.1, 0.15) is 5.60 Å². The molecular weight excluding hydrogens is 320 g/mol. The van der Waals surface area contributed by atoms with E-state index in [4.69, 9.17) is 9.47 Å². The first kappa shape index (κ1) is 19.2. The van der Waals surface area contributed by atoms with E-state index in [-0.39, 0.29) is 11.4 Å². The summed E-state index contributed by atoms with van der Waals surface area (Å²) in [6.07, 6.45) is 3.14. The summed E-state index contributed by atoms with van der Waals surface area (Å²) in [6.45, 7) is 7.63. The molecule has 1 aliphatic rings. The zero-order valence-corrected chi connectivity index (χ0v) is 15.6. The Labute approximate surface area is 148 Å². The molecule has 136 valence electrons. The van der Waals surface area contributed by atoms with E-state index >= 15 is 0 Å². The summed E-state index contributed by atoms with van der Waals surface area (Å²) in [5.41, 5.74) is 1.86. The van der Waals surface area contributed by atoms with Gasteiger partial charge in [-0.1, -0.05) is 19.1 Å². The van der Waals surface area contributed by atoms with E-state index in [1.807, 2.05) is 26.8 Å². The second-order valence-electron chi connectivity index (χ2n) is 7.81. The molecule has 1 atom stereocenters. The van der Waals surface area contributed by atoms with E-state index in [2.05, 4.69) is 6.92 Å². The van der Waals surface area contributed by atoms with Crippen molar-refractivity contribution in [2.75, 3.05) is 7.11 Å². The van der Waals surface area contributed by atoms with Gasteiger partial charge in [0.15, 0.2) is 6.29 Å². The van der Waals surface area contributed by atoms with E-state index < -0.39 is 11.6 Å². The van der Waals surface area contributed by atoms with Gasteiger partial charge in [0, 0.05) is 12.0 Å². The van der Waals surface area contributed by atoms with Crippen LogP contribution in [0.2, 0.25) is 0 Å². The van der Waals surface area contributed by atoms with Crippen molar-refractivity contribution in [2.45, 2.75) is 64.4 Å². The molecule has 0 unspecified atom stereocenters. The first-order valence-corrected chi connectivity index (χ1v) is 8.53. The Balaban J connectivity index is 2.27. The molecule has 0 fully saturated rings. The second kappa shape index (κ2) is 6.98. The van der Waals surface area contributed by atoms with Gasteiger partial charge in [-0.25, -0.2) is 4.79 Å². The van der Waals surface area contributed by atoms with E-state index in [9.17, 15) is 14.4 Å². The summed E-state index contributed by atoms with van der Waals surface area (Å²) in [7, 11) is 1.31. The highest BCUT2D eigenvalue weighted by Gasteiger charge is 2.38. The fourth-order valence-electron chi connectivity index (χ4n) is 3.50. The van der Waals surface area contributed by atoms with Crippen LogP contribution in [0.4, 0.5) is 0 Å². The van der Waals surface area contributed by atoms with Gasteiger partial charge in [-0.15, -0.1) is 0 Å². The number of hydrogen-bond acceptors (Lipinski definition) is 5. The van der Waals surface area contributed by atoms with Crippen LogP contribution in [0.5, 0.6) is 0 Å². The molecule has 0 spiro atoms. The molecule has 0 heterocycles. The molecule has 0 aliphatic heterocycles. The van der Waals surface area contributed by atoms with Crippen LogP contribution < -0.4 is 0 Å². The average Bonchev–Trinajstić information content (AvgIpc) is 2.87. The molecule has 0 bridgehead atoms. The summed E-state index contributed by atoms with van der Waals surface area (Å²) in [5.74, 6) is -0.713. The first-order chi connectivity index (χ1) is 11.6. The minimum Gasteiger partial charge on any atom is -0.465 e. The number of hydrogen-bond donors (Lipinski definition) is 0. The maximum atomic E-state index is 12.1. The Morgan fingerprint density at radius 1 is 1.28 bits per heavy atom. The second-order valence-corrected chi connectivity index (χ2v) is 7.81. The highest BCUT2D eigenvalue weighted by molar-refractivity contribution is 6.00. The smallest absolute Gasteiger partial charge is 0.338 e.